The molecule has 19 heavy (non-hydrogen) atoms. The summed E-state index contributed by atoms with van der Waals surface area (Å²) in [7, 11) is 1.63. The Labute approximate surface area is 122 Å². The van der Waals surface area contributed by atoms with Crippen molar-refractivity contribution in [2.45, 2.75) is 25.8 Å². The van der Waals surface area contributed by atoms with E-state index < -0.39 is 0 Å². The van der Waals surface area contributed by atoms with Gasteiger partial charge in [0.15, 0.2) is 0 Å². The van der Waals surface area contributed by atoms with Gasteiger partial charge in [-0.05, 0) is 28.8 Å². The van der Waals surface area contributed by atoms with Gasteiger partial charge in [0.2, 0.25) is 5.95 Å². The average Bonchev–Trinajstić information content (AvgIpc) is 2.40. The van der Waals surface area contributed by atoms with Crippen molar-refractivity contribution >= 4 is 27.7 Å². The third-order valence-electron chi connectivity index (χ3n) is 2.46. The Morgan fingerprint density at radius 1 is 1.53 bits per heavy atom. The third kappa shape index (κ3) is 5.71. The van der Waals surface area contributed by atoms with Crippen molar-refractivity contribution in [3.63, 3.8) is 0 Å². The van der Waals surface area contributed by atoms with Crippen LogP contribution in [0.3, 0.4) is 0 Å². The van der Waals surface area contributed by atoms with E-state index in [2.05, 4.69) is 43.5 Å². The van der Waals surface area contributed by atoms with E-state index in [9.17, 15) is 0 Å². The van der Waals surface area contributed by atoms with Crippen LogP contribution < -0.4 is 10.6 Å². The molecular formula is C12H21BrN4O2. The zero-order valence-corrected chi connectivity index (χ0v) is 12.9. The molecule has 0 spiro atoms. The van der Waals surface area contributed by atoms with Gasteiger partial charge in [-0.1, -0.05) is 6.92 Å². The maximum absolute atomic E-state index is 9.03. The highest BCUT2D eigenvalue weighted by molar-refractivity contribution is 9.10. The van der Waals surface area contributed by atoms with E-state index in [1.54, 1.807) is 13.3 Å². The quantitative estimate of drug-likeness (QED) is 0.640. The van der Waals surface area contributed by atoms with Crippen molar-refractivity contribution in [3.05, 3.63) is 10.7 Å². The highest BCUT2D eigenvalue weighted by Gasteiger charge is 2.12. The summed E-state index contributed by atoms with van der Waals surface area (Å²) in [5, 5.41) is 15.4. The number of rotatable bonds is 9. The molecule has 1 unspecified atom stereocenters. The molecule has 0 radical (unpaired) electrons. The van der Waals surface area contributed by atoms with Crippen LogP contribution in [0.25, 0.3) is 0 Å². The van der Waals surface area contributed by atoms with Crippen molar-refractivity contribution < 1.29 is 9.84 Å². The summed E-state index contributed by atoms with van der Waals surface area (Å²) in [6, 6.07) is 0.0141. The van der Waals surface area contributed by atoms with Gasteiger partial charge in [-0.2, -0.15) is 4.98 Å². The molecule has 1 rings (SSSR count). The lowest BCUT2D eigenvalue weighted by molar-refractivity contribution is 0.170. The number of ether oxygens (including phenoxy) is 1. The number of aliphatic hydroxyl groups excluding tert-OH is 1. The van der Waals surface area contributed by atoms with Crippen LogP contribution in [0.2, 0.25) is 0 Å². The Bertz CT molecular complexity index is 373. The van der Waals surface area contributed by atoms with E-state index in [1.807, 2.05) is 0 Å². The maximum Gasteiger partial charge on any atom is 0.224 e. The topological polar surface area (TPSA) is 79.3 Å². The van der Waals surface area contributed by atoms with Gasteiger partial charge in [-0.25, -0.2) is 4.98 Å². The van der Waals surface area contributed by atoms with Gasteiger partial charge < -0.3 is 20.5 Å². The average molecular weight is 333 g/mol. The summed E-state index contributed by atoms with van der Waals surface area (Å²) in [6.45, 7) is 3.53. The Kier molecular flexibility index (Phi) is 7.69. The van der Waals surface area contributed by atoms with E-state index in [0.29, 0.717) is 24.8 Å². The molecule has 0 saturated carbocycles. The minimum Gasteiger partial charge on any atom is -0.396 e. The summed E-state index contributed by atoms with van der Waals surface area (Å²) in [5.74, 6) is 1.29. The van der Waals surface area contributed by atoms with Gasteiger partial charge in [0, 0.05) is 26.5 Å². The molecule has 0 amide bonds. The van der Waals surface area contributed by atoms with Crippen molar-refractivity contribution in [1.82, 2.24) is 9.97 Å². The van der Waals surface area contributed by atoms with Crippen LogP contribution in [0.4, 0.5) is 11.8 Å². The zero-order valence-electron chi connectivity index (χ0n) is 11.3. The number of aromatic nitrogens is 2. The number of hydrogen-bond donors (Lipinski definition) is 3. The summed E-state index contributed by atoms with van der Waals surface area (Å²) < 4.78 is 5.90. The van der Waals surface area contributed by atoms with Crippen LogP contribution in [-0.4, -0.2) is 48.0 Å². The lowest BCUT2D eigenvalue weighted by Crippen LogP contribution is -2.27. The van der Waals surface area contributed by atoms with Gasteiger partial charge in [0.05, 0.1) is 17.1 Å². The molecule has 3 N–H and O–H groups in total. The Morgan fingerprint density at radius 3 is 2.95 bits per heavy atom. The van der Waals surface area contributed by atoms with Crippen molar-refractivity contribution in [1.29, 1.82) is 0 Å². The van der Waals surface area contributed by atoms with Crippen molar-refractivity contribution in [3.8, 4) is 0 Å². The molecule has 7 heteroatoms. The molecule has 1 atom stereocenters. The van der Waals surface area contributed by atoms with E-state index >= 15 is 0 Å². The maximum atomic E-state index is 9.03. The van der Waals surface area contributed by atoms with Gasteiger partial charge in [-0.3, -0.25) is 0 Å². The van der Waals surface area contributed by atoms with Gasteiger partial charge in [0.25, 0.3) is 0 Å². The minimum atomic E-state index is 0.0141. The predicted molar refractivity (Wildman–Crippen MR) is 79.5 cm³/mol. The van der Waals surface area contributed by atoms with Crippen molar-refractivity contribution in [2.75, 3.05) is 37.5 Å². The molecule has 108 valence electrons. The molecule has 1 heterocycles. The van der Waals surface area contributed by atoms with Crippen LogP contribution in [0, 0.1) is 0 Å². The molecule has 0 bridgehead atoms. The van der Waals surface area contributed by atoms with Gasteiger partial charge >= 0.3 is 0 Å². The summed E-state index contributed by atoms with van der Waals surface area (Å²) in [5.41, 5.74) is 0. The number of methoxy groups -OCH3 is 1. The third-order valence-corrected chi connectivity index (χ3v) is 3.04. The first-order chi connectivity index (χ1) is 9.21. The first-order valence-electron chi connectivity index (χ1n) is 6.34. The Morgan fingerprint density at radius 2 is 2.32 bits per heavy atom. The first-order valence-corrected chi connectivity index (χ1v) is 7.13. The van der Waals surface area contributed by atoms with Crippen LogP contribution >= 0.6 is 15.9 Å². The molecule has 1 aromatic rings. The normalized spacial score (nSPS) is 12.2. The number of anilines is 2. The van der Waals surface area contributed by atoms with E-state index in [0.717, 1.165) is 17.4 Å². The minimum absolute atomic E-state index is 0.0141. The monoisotopic (exact) mass is 332 g/mol. The summed E-state index contributed by atoms with van der Waals surface area (Å²) in [4.78, 5) is 8.58. The molecule has 0 aromatic carbocycles. The number of nitrogens with zero attached hydrogens (tertiary/aromatic N) is 2. The predicted octanol–water partition coefficient (Wildman–Crippen LogP) is 1.87. The lowest BCUT2D eigenvalue weighted by Gasteiger charge is -2.18. The number of halogens is 1. The molecule has 1 aromatic heterocycles. The smallest absolute Gasteiger partial charge is 0.224 e. The second kappa shape index (κ2) is 9.06. The Hall–Kier alpha value is -0.920. The zero-order chi connectivity index (χ0) is 14.1. The van der Waals surface area contributed by atoms with E-state index in [4.69, 9.17) is 9.84 Å². The lowest BCUT2D eigenvalue weighted by atomic mass is 10.2. The molecule has 0 aliphatic heterocycles. The van der Waals surface area contributed by atoms with Crippen LogP contribution in [-0.2, 0) is 4.74 Å². The van der Waals surface area contributed by atoms with Gasteiger partial charge in [-0.15, -0.1) is 0 Å². The molecular weight excluding hydrogens is 312 g/mol. The van der Waals surface area contributed by atoms with E-state index in [-0.39, 0.29) is 12.6 Å². The number of hydrogen-bond acceptors (Lipinski definition) is 6. The summed E-state index contributed by atoms with van der Waals surface area (Å²) >= 11 is 3.41. The Balaban J connectivity index is 2.73. The van der Waals surface area contributed by atoms with Crippen LogP contribution in [0.1, 0.15) is 19.8 Å². The highest BCUT2D eigenvalue weighted by atomic mass is 79.9. The van der Waals surface area contributed by atoms with Crippen molar-refractivity contribution in [2.24, 2.45) is 0 Å². The second-order valence-corrected chi connectivity index (χ2v) is 4.98. The fourth-order valence-electron chi connectivity index (χ4n) is 1.54. The largest absolute Gasteiger partial charge is 0.396 e. The molecule has 0 fully saturated rings. The first kappa shape index (κ1) is 16.1. The number of aliphatic hydroxyl groups is 1. The fraction of sp³-hybridized carbons (Fsp3) is 0.667. The SMILES string of the molecule is CCCNc1ncc(Br)c(NC(CCO)COC)n1. The molecule has 0 saturated heterocycles. The molecule has 0 aliphatic rings. The molecule has 6 nitrogen and oxygen atoms in total. The standard InChI is InChI=1S/C12H21BrN4O2/c1-3-5-14-12-15-7-10(13)11(17-12)16-9(4-6-18)8-19-2/h7,9,18H,3-6,8H2,1-2H3,(H2,14,15,16,17). The second-order valence-electron chi connectivity index (χ2n) is 4.13. The molecule has 0 aliphatic carbocycles. The van der Waals surface area contributed by atoms with Crippen LogP contribution in [0.15, 0.2) is 10.7 Å². The van der Waals surface area contributed by atoms with Gasteiger partial charge in [0.1, 0.15) is 5.82 Å². The fourth-order valence-corrected chi connectivity index (χ4v) is 1.84. The summed E-state index contributed by atoms with van der Waals surface area (Å²) in [6.07, 6.45) is 3.32. The van der Waals surface area contributed by atoms with E-state index in [1.165, 1.54) is 0 Å². The number of nitrogens with one attached hydrogen (secondary N) is 2. The highest BCUT2D eigenvalue weighted by Crippen LogP contribution is 2.21. The van der Waals surface area contributed by atoms with Crippen LogP contribution in [0.5, 0.6) is 0 Å².